The zero-order chi connectivity index (χ0) is 24.7. The molecule has 8 nitrogen and oxygen atoms in total. The summed E-state index contributed by atoms with van der Waals surface area (Å²) in [6.07, 6.45) is 1.33. The number of nitrogens with one attached hydrogen (secondary N) is 3. The lowest BCUT2D eigenvalue weighted by Crippen LogP contribution is -2.37. The molecule has 0 saturated heterocycles. The van der Waals surface area contributed by atoms with Gasteiger partial charge >= 0.3 is 5.97 Å². The van der Waals surface area contributed by atoms with Crippen LogP contribution < -0.4 is 16.0 Å². The van der Waals surface area contributed by atoms with Gasteiger partial charge in [-0.05, 0) is 43.0 Å². The Morgan fingerprint density at radius 3 is 2.35 bits per heavy atom. The van der Waals surface area contributed by atoms with Gasteiger partial charge < -0.3 is 20.7 Å². The van der Waals surface area contributed by atoms with Gasteiger partial charge in [0.1, 0.15) is 17.9 Å². The minimum Gasteiger partial charge on any atom is -0.467 e. The summed E-state index contributed by atoms with van der Waals surface area (Å²) >= 11 is 0. The molecule has 3 atom stereocenters. The summed E-state index contributed by atoms with van der Waals surface area (Å²) in [6.45, 7) is 7.88. The van der Waals surface area contributed by atoms with E-state index >= 15 is 0 Å². The van der Waals surface area contributed by atoms with Gasteiger partial charge in [0.2, 0.25) is 11.9 Å². The fraction of sp³-hybridized carbons (Fsp3) is 0.385. The van der Waals surface area contributed by atoms with Crippen molar-refractivity contribution in [1.82, 2.24) is 9.97 Å². The third-order valence-electron chi connectivity index (χ3n) is 5.99. The molecule has 34 heavy (non-hydrogen) atoms. The minimum absolute atomic E-state index is 0.0286. The van der Waals surface area contributed by atoms with E-state index in [0.717, 1.165) is 23.1 Å². The minimum atomic E-state index is -0.563. The summed E-state index contributed by atoms with van der Waals surface area (Å²) in [6, 6.07) is 14.1. The fourth-order valence-corrected chi connectivity index (χ4v) is 3.64. The molecule has 0 saturated carbocycles. The largest absolute Gasteiger partial charge is 0.467 e. The van der Waals surface area contributed by atoms with Gasteiger partial charge in [0, 0.05) is 11.1 Å². The Hall–Kier alpha value is -3.68. The molecule has 3 aromatic rings. The first-order valence-electron chi connectivity index (χ1n) is 11.6. The van der Waals surface area contributed by atoms with E-state index in [9.17, 15) is 9.59 Å². The van der Waals surface area contributed by atoms with E-state index < -0.39 is 12.1 Å². The number of amides is 1. The maximum Gasteiger partial charge on any atom is 0.328 e. The second-order valence-corrected chi connectivity index (χ2v) is 8.35. The first-order valence-corrected chi connectivity index (χ1v) is 11.6. The highest BCUT2D eigenvalue weighted by Gasteiger charge is 2.26. The van der Waals surface area contributed by atoms with Gasteiger partial charge in [0.25, 0.3) is 0 Å². The fourth-order valence-electron chi connectivity index (χ4n) is 3.64. The van der Waals surface area contributed by atoms with Crippen molar-refractivity contribution in [3.63, 3.8) is 0 Å². The normalized spacial score (nSPS) is 13.6. The number of benzene rings is 2. The maximum atomic E-state index is 13.0. The number of rotatable bonds is 10. The van der Waals surface area contributed by atoms with Crippen molar-refractivity contribution in [1.29, 1.82) is 0 Å². The summed E-state index contributed by atoms with van der Waals surface area (Å²) in [4.78, 5) is 34.7. The number of nitrogens with zero attached hydrogens (tertiary/aromatic N) is 2. The summed E-state index contributed by atoms with van der Waals surface area (Å²) in [7, 11) is 1.38. The number of hydrogen-bond acceptors (Lipinski definition) is 7. The quantitative estimate of drug-likeness (QED) is 0.372. The number of aryl methyl sites for hydroxylation is 1. The first-order chi connectivity index (χ1) is 16.4. The molecule has 0 aliphatic rings. The number of anilines is 3. The van der Waals surface area contributed by atoms with Crippen molar-refractivity contribution >= 4 is 40.2 Å². The highest BCUT2D eigenvalue weighted by atomic mass is 16.5. The van der Waals surface area contributed by atoms with Gasteiger partial charge in [-0.2, -0.15) is 4.98 Å². The molecule has 3 unspecified atom stereocenters. The molecule has 0 bridgehead atoms. The van der Waals surface area contributed by atoms with Gasteiger partial charge in [-0.25, -0.2) is 9.78 Å². The number of hydrogen-bond donors (Lipinski definition) is 3. The molecule has 3 rings (SSSR count). The zero-order valence-electron chi connectivity index (χ0n) is 20.4. The predicted molar refractivity (Wildman–Crippen MR) is 136 cm³/mol. The van der Waals surface area contributed by atoms with Crippen molar-refractivity contribution in [3.8, 4) is 0 Å². The third-order valence-corrected chi connectivity index (χ3v) is 5.99. The van der Waals surface area contributed by atoms with Crippen LogP contribution in [-0.2, 0) is 14.3 Å². The Kier molecular flexibility index (Phi) is 8.40. The highest BCUT2D eigenvalue weighted by Crippen LogP contribution is 2.25. The zero-order valence-corrected chi connectivity index (χ0v) is 20.4. The number of methoxy groups -OCH3 is 1. The smallest absolute Gasteiger partial charge is 0.328 e. The molecule has 0 spiro atoms. The SMILES string of the molecule is CCC(Nc1nc(NC(C(=O)OC)C(C)CC)c2ccccc2n1)C(=O)Nc1ccccc1C. The van der Waals surface area contributed by atoms with Crippen molar-refractivity contribution in [2.75, 3.05) is 23.1 Å². The van der Waals surface area contributed by atoms with Crippen LogP contribution in [0.15, 0.2) is 48.5 Å². The Morgan fingerprint density at radius 2 is 1.68 bits per heavy atom. The van der Waals surface area contributed by atoms with E-state index in [4.69, 9.17) is 4.74 Å². The lowest BCUT2D eigenvalue weighted by molar-refractivity contribution is -0.142. The van der Waals surface area contributed by atoms with Crippen LogP contribution in [0, 0.1) is 12.8 Å². The summed E-state index contributed by atoms with van der Waals surface area (Å²) in [5.41, 5.74) is 2.45. The Morgan fingerprint density at radius 1 is 0.971 bits per heavy atom. The van der Waals surface area contributed by atoms with E-state index in [-0.39, 0.29) is 17.8 Å². The molecule has 180 valence electrons. The average molecular weight is 464 g/mol. The van der Waals surface area contributed by atoms with Crippen LogP contribution in [0.25, 0.3) is 10.9 Å². The number of fused-ring (bicyclic) bond motifs is 1. The van der Waals surface area contributed by atoms with Crippen LogP contribution in [0.1, 0.15) is 39.2 Å². The lowest BCUT2D eigenvalue weighted by atomic mass is 9.99. The summed E-state index contributed by atoms with van der Waals surface area (Å²) < 4.78 is 5.02. The average Bonchev–Trinajstić information content (AvgIpc) is 2.86. The number of esters is 1. The molecule has 1 aromatic heterocycles. The monoisotopic (exact) mass is 463 g/mol. The number of carbonyl (C=O) groups is 2. The van der Waals surface area contributed by atoms with Crippen LogP contribution >= 0.6 is 0 Å². The molecule has 0 fully saturated rings. The molecular weight excluding hydrogens is 430 g/mol. The number of para-hydroxylation sites is 2. The van der Waals surface area contributed by atoms with Crippen LogP contribution in [-0.4, -0.2) is 41.0 Å². The summed E-state index contributed by atoms with van der Waals surface area (Å²) in [5, 5.41) is 10.2. The van der Waals surface area contributed by atoms with E-state index in [2.05, 4.69) is 25.9 Å². The second kappa shape index (κ2) is 11.4. The van der Waals surface area contributed by atoms with Crippen molar-refractivity contribution in [3.05, 3.63) is 54.1 Å². The van der Waals surface area contributed by atoms with Gasteiger partial charge in [-0.1, -0.05) is 57.5 Å². The third kappa shape index (κ3) is 5.81. The van der Waals surface area contributed by atoms with Crippen LogP contribution in [0.5, 0.6) is 0 Å². The second-order valence-electron chi connectivity index (χ2n) is 8.35. The number of aromatic nitrogens is 2. The molecule has 0 aliphatic carbocycles. The Bertz CT molecular complexity index is 1150. The Labute approximate surface area is 200 Å². The van der Waals surface area contributed by atoms with Crippen molar-refractivity contribution < 1.29 is 14.3 Å². The molecule has 8 heteroatoms. The lowest BCUT2D eigenvalue weighted by Gasteiger charge is -2.24. The van der Waals surface area contributed by atoms with E-state index in [1.807, 2.05) is 76.2 Å². The Balaban J connectivity index is 1.91. The molecule has 1 heterocycles. The van der Waals surface area contributed by atoms with Crippen LogP contribution in [0.2, 0.25) is 0 Å². The number of ether oxygens (including phenoxy) is 1. The van der Waals surface area contributed by atoms with Gasteiger partial charge in [-0.3, -0.25) is 4.79 Å². The van der Waals surface area contributed by atoms with Gasteiger partial charge in [0.15, 0.2) is 0 Å². The topological polar surface area (TPSA) is 105 Å². The number of carbonyl (C=O) groups excluding carboxylic acids is 2. The molecule has 0 radical (unpaired) electrons. The highest BCUT2D eigenvalue weighted by molar-refractivity contribution is 5.97. The van der Waals surface area contributed by atoms with Crippen molar-refractivity contribution in [2.45, 2.75) is 52.6 Å². The molecule has 0 aliphatic heterocycles. The van der Waals surface area contributed by atoms with E-state index in [1.165, 1.54) is 7.11 Å². The van der Waals surface area contributed by atoms with Crippen molar-refractivity contribution in [2.24, 2.45) is 5.92 Å². The molecule has 3 N–H and O–H groups in total. The summed E-state index contributed by atoms with van der Waals surface area (Å²) in [5.74, 6) is 0.324. The van der Waals surface area contributed by atoms with E-state index in [0.29, 0.717) is 23.7 Å². The van der Waals surface area contributed by atoms with Crippen LogP contribution in [0.3, 0.4) is 0 Å². The standard InChI is InChI=1S/C26H33N5O3/c1-6-16(3)22(25(33)34-5)30-23-18-13-9-11-15-21(18)29-26(31-23)28-19(7-2)24(32)27-20-14-10-8-12-17(20)4/h8-16,19,22H,6-7H2,1-5H3,(H,27,32)(H2,28,29,30,31). The molecule has 1 amide bonds. The molecule has 2 aromatic carbocycles. The first kappa shape index (κ1) is 25.0. The van der Waals surface area contributed by atoms with Gasteiger partial charge in [-0.15, -0.1) is 0 Å². The maximum absolute atomic E-state index is 13.0. The predicted octanol–water partition coefficient (Wildman–Crippen LogP) is 4.77. The van der Waals surface area contributed by atoms with Gasteiger partial charge in [0.05, 0.1) is 12.6 Å². The molecular formula is C26H33N5O3. The van der Waals surface area contributed by atoms with E-state index in [1.54, 1.807) is 0 Å². The van der Waals surface area contributed by atoms with Crippen LogP contribution in [0.4, 0.5) is 17.5 Å².